The first-order chi connectivity index (χ1) is 12.2. The van der Waals surface area contributed by atoms with Crippen LogP contribution in [0.1, 0.15) is 10.4 Å². The lowest BCUT2D eigenvalue weighted by atomic mass is 10.2. The van der Waals surface area contributed by atoms with E-state index in [1.54, 1.807) is 24.3 Å². The molecule has 0 atom stereocenters. The molecule has 2 N–H and O–H groups in total. The van der Waals surface area contributed by atoms with Crippen LogP contribution in [0.5, 0.6) is 0 Å². The van der Waals surface area contributed by atoms with Crippen LogP contribution in [0.4, 0.5) is 10.8 Å². The lowest BCUT2D eigenvalue weighted by Crippen LogP contribution is -2.15. The molecule has 0 saturated heterocycles. The predicted octanol–water partition coefficient (Wildman–Crippen LogP) is 3.63. The molecule has 0 spiro atoms. The number of rotatable bonds is 5. The number of nitrogens with zero attached hydrogens (tertiary/aromatic N) is 2. The van der Waals surface area contributed by atoms with Crippen LogP contribution in [-0.4, -0.2) is 27.9 Å². The Balaban J connectivity index is 1.71. The van der Waals surface area contributed by atoms with Gasteiger partial charge in [0.15, 0.2) is 0 Å². The topological polar surface area (TPSA) is 84.0 Å². The lowest BCUT2D eigenvalue weighted by molar-refractivity contribution is -0.113. The highest BCUT2D eigenvalue weighted by Crippen LogP contribution is 2.26. The maximum atomic E-state index is 12.4. The van der Waals surface area contributed by atoms with Gasteiger partial charge in [0, 0.05) is 16.8 Å². The van der Waals surface area contributed by atoms with E-state index in [0.29, 0.717) is 16.4 Å². The van der Waals surface area contributed by atoms with Gasteiger partial charge in [0.1, 0.15) is 10.9 Å². The number of alkyl halides is 1. The Labute approximate surface area is 152 Å². The van der Waals surface area contributed by atoms with Gasteiger partial charge in [-0.1, -0.05) is 47.7 Å². The number of hydrogen-bond donors (Lipinski definition) is 2. The molecule has 0 aliphatic carbocycles. The molecule has 3 aromatic rings. The summed E-state index contributed by atoms with van der Waals surface area (Å²) in [5.74, 6) is -0.822. The average molecular weight is 373 g/mol. The summed E-state index contributed by atoms with van der Waals surface area (Å²) in [5, 5.41) is 14.5. The fourth-order valence-corrected chi connectivity index (χ4v) is 2.88. The van der Waals surface area contributed by atoms with Gasteiger partial charge in [0.05, 0.1) is 0 Å². The Morgan fingerprint density at radius 2 is 1.80 bits per heavy atom. The summed E-state index contributed by atoms with van der Waals surface area (Å²) in [7, 11) is 0. The second-order valence-corrected chi connectivity index (χ2v) is 6.24. The normalized spacial score (nSPS) is 10.3. The maximum Gasteiger partial charge on any atom is 0.257 e. The van der Waals surface area contributed by atoms with Crippen LogP contribution in [0.15, 0.2) is 54.6 Å². The molecule has 0 fully saturated rings. The van der Waals surface area contributed by atoms with E-state index < -0.39 is 0 Å². The van der Waals surface area contributed by atoms with Gasteiger partial charge in [0.25, 0.3) is 5.91 Å². The number of anilines is 2. The summed E-state index contributed by atoms with van der Waals surface area (Å²) < 4.78 is 0. The molecule has 6 nitrogen and oxygen atoms in total. The molecule has 2 amide bonds. The molecule has 0 saturated carbocycles. The van der Waals surface area contributed by atoms with Crippen molar-refractivity contribution in [2.24, 2.45) is 0 Å². The first kappa shape index (κ1) is 17.1. The minimum Gasteiger partial charge on any atom is -0.325 e. The minimum atomic E-state index is -0.337. The molecule has 0 unspecified atom stereocenters. The van der Waals surface area contributed by atoms with Gasteiger partial charge in [-0.15, -0.1) is 21.8 Å². The second-order valence-electron chi connectivity index (χ2n) is 5.00. The van der Waals surface area contributed by atoms with Gasteiger partial charge in [-0.3, -0.25) is 14.9 Å². The van der Waals surface area contributed by atoms with E-state index in [0.717, 1.165) is 10.6 Å². The Morgan fingerprint density at radius 3 is 2.56 bits per heavy atom. The number of nitrogens with one attached hydrogen (secondary N) is 2. The number of carbonyl (C=O) groups is 2. The van der Waals surface area contributed by atoms with Crippen molar-refractivity contribution in [3.8, 4) is 10.6 Å². The zero-order valence-electron chi connectivity index (χ0n) is 12.9. The zero-order chi connectivity index (χ0) is 17.6. The summed E-state index contributed by atoms with van der Waals surface area (Å²) >= 11 is 6.75. The van der Waals surface area contributed by atoms with Crippen molar-refractivity contribution >= 4 is 45.6 Å². The lowest BCUT2D eigenvalue weighted by Gasteiger charge is -2.05. The van der Waals surface area contributed by atoms with Gasteiger partial charge >= 0.3 is 0 Å². The van der Waals surface area contributed by atoms with Crippen LogP contribution >= 0.6 is 22.9 Å². The van der Waals surface area contributed by atoms with Gasteiger partial charge in [-0.25, -0.2) is 0 Å². The summed E-state index contributed by atoms with van der Waals surface area (Å²) in [4.78, 5) is 23.7. The van der Waals surface area contributed by atoms with E-state index in [1.807, 2.05) is 30.3 Å². The number of carbonyl (C=O) groups excluding carboxylic acids is 2. The Kier molecular flexibility index (Phi) is 5.37. The van der Waals surface area contributed by atoms with Crippen molar-refractivity contribution in [2.75, 3.05) is 16.5 Å². The van der Waals surface area contributed by atoms with E-state index >= 15 is 0 Å². The van der Waals surface area contributed by atoms with E-state index in [1.165, 1.54) is 11.3 Å². The third kappa shape index (κ3) is 4.40. The quantitative estimate of drug-likeness (QED) is 0.670. The number of aromatic nitrogens is 2. The summed E-state index contributed by atoms with van der Waals surface area (Å²) in [6, 6.07) is 16.2. The molecule has 1 aromatic heterocycles. The molecule has 126 valence electrons. The number of halogens is 1. The second kappa shape index (κ2) is 7.87. The van der Waals surface area contributed by atoms with Crippen molar-refractivity contribution in [3.05, 3.63) is 60.2 Å². The van der Waals surface area contributed by atoms with Gasteiger partial charge in [-0.2, -0.15) is 0 Å². The van der Waals surface area contributed by atoms with Gasteiger partial charge in [0.2, 0.25) is 11.0 Å². The third-order valence-corrected chi connectivity index (χ3v) is 4.33. The SMILES string of the molecule is O=C(CCl)Nc1cccc(C(=O)Nc2nnc(-c3ccccc3)s2)c1. The highest BCUT2D eigenvalue weighted by atomic mass is 35.5. The molecule has 25 heavy (non-hydrogen) atoms. The molecular formula is C17H13ClN4O2S. The standard InChI is InChI=1S/C17H13ClN4O2S/c18-10-14(23)19-13-8-4-7-12(9-13)15(24)20-17-22-21-16(25-17)11-5-2-1-3-6-11/h1-9H,10H2,(H,19,23)(H,20,22,24). The molecular weight excluding hydrogens is 360 g/mol. The molecule has 0 bridgehead atoms. The molecule has 0 aliphatic heterocycles. The average Bonchev–Trinajstić information content (AvgIpc) is 3.11. The number of amides is 2. The van der Waals surface area contributed by atoms with Crippen LogP contribution < -0.4 is 10.6 Å². The number of hydrogen-bond acceptors (Lipinski definition) is 5. The largest absolute Gasteiger partial charge is 0.325 e. The van der Waals surface area contributed by atoms with Crippen LogP contribution in [0.3, 0.4) is 0 Å². The molecule has 3 rings (SSSR count). The first-order valence-corrected chi connectivity index (χ1v) is 8.67. The summed E-state index contributed by atoms with van der Waals surface area (Å²) in [6.07, 6.45) is 0. The van der Waals surface area contributed by atoms with Crippen molar-refractivity contribution in [2.45, 2.75) is 0 Å². The smallest absolute Gasteiger partial charge is 0.257 e. The Hall–Kier alpha value is -2.77. The van der Waals surface area contributed by atoms with Crippen LogP contribution in [0, 0.1) is 0 Å². The molecule has 0 radical (unpaired) electrons. The van der Waals surface area contributed by atoms with Crippen LogP contribution in [-0.2, 0) is 4.79 Å². The molecule has 8 heteroatoms. The summed E-state index contributed by atoms with van der Waals surface area (Å²) in [6.45, 7) is 0. The molecule has 2 aromatic carbocycles. The minimum absolute atomic E-state index is 0.149. The third-order valence-electron chi connectivity index (χ3n) is 3.20. The molecule has 0 aliphatic rings. The van der Waals surface area contributed by atoms with Crippen LogP contribution in [0.2, 0.25) is 0 Å². The van der Waals surface area contributed by atoms with E-state index in [9.17, 15) is 9.59 Å². The van der Waals surface area contributed by atoms with Crippen LogP contribution in [0.25, 0.3) is 10.6 Å². The van der Waals surface area contributed by atoms with Crippen molar-refractivity contribution < 1.29 is 9.59 Å². The maximum absolute atomic E-state index is 12.4. The fraction of sp³-hybridized carbons (Fsp3) is 0.0588. The van der Waals surface area contributed by atoms with Gasteiger partial charge < -0.3 is 5.32 Å². The fourth-order valence-electron chi connectivity index (χ4n) is 2.07. The van der Waals surface area contributed by atoms with E-state index in [4.69, 9.17) is 11.6 Å². The summed E-state index contributed by atoms with van der Waals surface area (Å²) in [5.41, 5.74) is 1.83. The zero-order valence-corrected chi connectivity index (χ0v) is 14.5. The monoisotopic (exact) mass is 372 g/mol. The van der Waals surface area contributed by atoms with E-state index in [2.05, 4.69) is 20.8 Å². The highest BCUT2D eigenvalue weighted by molar-refractivity contribution is 7.18. The van der Waals surface area contributed by atoms with Crippen molar-refractivity contribution in [3.63, 3.8) is 0 Å². The highest BCUT2D eigenvalue weighted by Gasteiger charge is 2.12. The number of benzene rings is 2. The van der Waals surface area contributed by atoms with Crippen molar-refractivity contribution in [1.29, 1.82) is 0 Å². The predicted molar refractivity (Wildman–Crippen MR) is 99.1 cm³/mol. The Morgan fingerprint density at radius 1 is 1.00 bits per heavy atom. The molecule has 1 heterocycles. The first-order valence-electron chi connectivity index (χ1n) is 7.32. The van der Waals surface area contributed by atoms with E-state index in [-0.39, 0.29) is 17.7 Å². The Bertz CT molecular complexity index is 898. The van der Waals surface area contributed by atoms with Crippen molar-refractivity contribution in [1.82, 2.24) is 10.2 Å². The van der Waals surface area contributed by atoms with Gasteiger partial charge in [-0.05, 0) is 18.2 Å².